The molecular weight excluding hydrogens is 485 g/mol. The average Bonchev–Trinajstić information content (AvgIpc) is 3.41. The molecule has 0 bridgehead atoms. The summed E-state index contributed by atoms with van der Waals surface area (Å²) in [6, 6.07) is 11.0. The van der Waals surface area contributed by atoms with Crippen molar-refractivity contribution in [2.75, 3.05) is 19.7 Å². The summed E-state index contributed by atoms with van der Waals surface area (Å²) in [5.74, 6) is 0. The second kappa shape index (κ2) is 9.20. The maximum Gasteiger partial charge on any atom is 0.133 e. The Morgan fingerprint density at radius 2 is 1.97 bits per heavy atom. The number of likely N-dealkylation sites (tertiary alicyclic amines) is 1. The van der Waals surface area contributed by atoms with Gasteiger partial charge in [-0.3, -0.25) is 9.88 Å². The average molecular weight is 513 g/mol. The first-order valence-electron chi connectivity index (χ1n) is 11.0. The van der Waals surface area contributed by atoms with Crippen LogP contribution in [0.2, 0.25) is 0 Å². The molecule has 2 saturated heterocycles. The number of fused-ring (bicyclic) bond motifs is 1. The fourth-order valence-electron chi connectivity index (χ4n) is 4.57. The van der Waals surface area contributed by atoms with Crippen LogP contribution in [0.3, 0.4) is 0 Å². The van der Waals surface area contributed by atoms with Gasteiger partial charge in [-0.2, -0.15) is 0 Å². The molecule has 1 unspecified atom stereocenters. The van der Waals surface area contributed by atoms with Crippen LogP contribution in [0.15, 0.2) is 42.7 Å². The monoisotopic (exact) mass is 513 g/mol. The van der Waals surface area contributed by atoms with Gasteiger partial charge in [-0.25, -0.2) is 0 Å². The van der Waals surface area contributed by atoms with Gasteiger partial charge in [0.05, 0.1) is 11.2 Å². The molecule has 0 N–H and O–H groups in total. The first-order chi connectivity index (χ1) is 14.8. The molecule has 1 atom stereocenters. The van der Waals surface area contributed by atoms with Gasteiger partial charge in [-0.05, 0) is 97.6 Å². The summed E-state index contributed by atoms with van der Waals surface area (Å²) in [4.78, 5) is 7.19. The summed E-state index contributed by atoms with van der Waals surface area (Å²) in [7, 11) is 0. The minimum atomic E-state index is 0.143. The zero-order valence-electron chi connectivity index (χ0n) is 17.3. The van der Waals surface area contributed by atoms with E-state index in [1.165, 1.54) is 64.4 Å². The number of benzene rings is 1. The Labute approximate surface area is 192 Å². The predicted octanol–water partition coefficient (Wildman–Crippen LogP) is 6.11. The number of hydrogen-bond acceptors (Lipinski definition) is 3. The largest absolute Gasteiger partial charge is 0.358 e. The maximum atomic E-state index is 6.08. The van der Waals surface area contributed by atoms with Crippen molar-refractivity contribution < 1.29 is 4.74 Å². The molecule has 0 amide bonds. The first kappa shape index (κ1) is 20.2. The number of aromatic nitrogens is 2. The van der Waals surface area contributed by atoms with E-state index in [0.717, 1.165) is 25.3 Å². The SMILES string of the molecule is Ic1ccc2c(/C=C/c3ccc(CN4CCCC4)cn3)cn(C3CCCCO3)c2c1. The highest BCUT2D eigenvalue weighted by atomic mass is 127. The van der Waals surface area contributed by atoms with Crippen LogP contribution in [0.5, 0.6) is 0 Å². The molecule has 5 rings (SSSR count). The lowest BCUT2D eigenvalue weighted by Gasteiger charge is -2.24. The number of hydrogen-bond donors (Lipinski definition) is 0. The lowest BCUT2D eigenvalue weighted by atomic mass is 10.1. The first-order valence-corrected chi connectivity index (χ1v) is 12.1. The molecule has 4 heterocycles. The maximum absolute atomic E-state index is 6.08. The van der Waals surface area contributed by atoms with Crippen LogP contribution in [0.1, 0.15) is 55.2 Å². The molecule has 2 aromatic heterocycles. The molecule has 0 saturated carbocycles. The van der Waals surface area contributed by atoms with E-state index in [9.17, 15) is 0 Å². The van der Waals surface area contributed by atoms with Crippen molar-refractivity contribution in [2.24, 2.45) is 0 Å². The summed E-state index contributed by atoms with van der Waals surface area (Å²) in [6.07, 6.45) is 14.9. The molecule has 2 aliphatic heterocycles. The summed E-state index contributed by atoms with van der Waals surface area (Å²) >= 11 is 2.39. The van der Waals surface area contributed by atoms with Crippen molar-refractivity contribution in [1.29, 1.82) is 0 Å². The van der Waals surface area contributed by atoms with Gasteiger partial charge >= 0.3 is 0 Å². The Bertz CT molecular complexity index is 1030. The lowest BCUT2D eigenvalue weighted by molar-refractivity contribution is -0.0292. The van der Waals surface area contributed by atoms with Crippen molar-refractivity contribution in [3.05, 3.63) is 63.1 Å². The molecule has 156 valence electrons. The third kappa shape index (κ3) is 4.48. The number of halogens is 1. The summed E-state index contributed by atoms with van der Waals surface area (Å²) in [5.41, 5.74) is 4.77. The van der Waals surface area contributed by atoms with E-state index < -0.39 is 0 Å². The van der Waals surface area contributed by atoms with Crippen molar-refractivity contribution in [3.8, 4) is 0 Å². The quantitative estimate of drug-likeness (QED) is 0.386. The Kier molecular flexibility index (Phi) is 6.20. The Morgan fingerprint density at radius 1 is 1.07 bits per heavy atom. The smallest absolute Gasteiger partial charge is 0.133 e. The topological polar surface area (TPSA) is 30.3 Å². The standard InChI is InChI=1S/C25H28IN3O/c26-21-8-11-23-20(18-29(24(23)15-21)25-5-1-4-14-30-25)7-10-22-9-6-19(16-27-22)17-28-12-2-3-13-28/h6-11,15-16,18,25H,1-5,12-14,17H2/b10-7+. The van der Waals surface area contributed by atoms with Crippen LogP contribution in [-0.4, -0.2) is 34.1 Å². The fraction of sp³-hybridized carbons (Fsp3) is 0.400. The van der Waals surface area contributed by atoms with E-state index >= 15 is 0 Å². The highest BCUT2D eigenvalue weighted by Gasteiger charge is 2.19. The molecule has 3 aromatic rings. The minimum absolute atomic E-state index is 0.143. The summed E-state index contributed by atoms with van der Waals surface area (Å²) in [5, 5.41) is 1.27. The number of rotatable bonds is 5. The highest BCUT2D eigenvalue weighted by Crippen LogP contribution is 2.32. The van der Waals surface area contributed by atoms with Crippen LogP contribution in [0.4, 0.5) is 0 Å². The van der Waals surface area contributed by atoms with Crippen LogP contribution in [-0.2, 0) is 11.3 Å². The van der Waals surface area contributed by atoms with Gasteiger partial charge in [-0.15, -0.1) is 0 Å². The van der Waals surface area contributed by atoms with Crippen LogP contribution < -0.4 is 0 Å². The summed E-state index contributed by atoms with van der Waals surface area (Å²) in [6.45, 7) is 4.31. The third-order valence-electron chi connectivity index (χ3n) is 6.18. The normalized spacial score (nSPS) is 20.5. The van der Waals surface area contributed by atoms with Crippen molar-refractivity contribution in [1.82, 2.24) is 14.5 Å². The Hall–Kier alpha value is -1.70. The Balaban J connectivity index is 1.38. The molecule has 0 aliphatic carbocycles. The predicted molar refractivity (Wildman–Crippen MR) is 131 cm³/mol. The number of nitrogens with zero attached hydrogens (tertiary/aromatic N) is 3. The van der Waals surface area contributed by atoms with Gasteiger partial charge in [0.15, 0.2) is 0 Å². The van der Waals surface area contributed by atoms with Gasteiger partial charge in [0.25, 0.3) is 0 Å². The van der Waals surface area contributed by atoms with Crippen LogP contribution >= 0.6 is 22.6 Å². The molecular formula is C25H28IN3O. The van der Waals surface area contributed by atoms with Gasteiger partial charge in [0.2, 0.25) is 0 Å². The van der Waals surface area contributed by atoms with Crippen LogP contribution in [0, 0.1) is 3.57 Å². The van der Waals surface area contributed by atoms with Gasteiger partial charge in [0.1, 0.15) is 6.23 Å². The van der Waals surface area contributed by atoms with E-state index in [0.29, 0.717) is 0 Å². The van der Waals surface area contributed by atoms with Crippen molar-refractivity contribution in [3.63, 3.8) is 0 Å². The van der Waals surface area contributed by atoms with E-state index in [1.807, 2.05) is 6.20 Å². The zero-order valence-corrected chi connectivity index (χ0v) is 19.4. The lowest BCUT2D eigenvalue weighted by Crippen LogP contribution is -2.18. The second-order valence-electron chi connectivity index (χ2n) is 8.38. The van der Waals surface area contributed by atoms with E-state index in [-0.39, 0.29) is 6.23 Å². The molecule has 2 fully saturated rings. The molecule has 1 aromatic carbocycles. The van der Waals surface area contributed by atoms with Crippen molar-refractivity contribution in [2.45, 2.75) is 44.9 Å². The minimum Gasteiger partial charge on any atom is -0.358 e. The molecule has 0 radical (unpaired) electrons. The van der Waals surface area contributed by atoms with Gasteiger partial charge in [-0.1, -0.05) is 18.2 Å². The number of ether oxygens (including phenoxy) is 1. The Morgan fingerprint density at radius 3 is 2.73 bits per heavy atom. The number of pyridine rings is 1. The summed E-state index contributed by atoms with van der Waals surface area (Å²) < 4.78 is 9.65. The highest BCUT2D eigenvalue weighted by molar-refractivity contribution is 14.1. The second-order valence-corrected chi connectivity index (χ2v) is 9.63. The molecule has 0 spiro atoms. The van der Waals surface area contributed by atoms with E-state index in [4.69, 9.17) is 4.74 Å². The zero-order chi connectivity index (χ0) is 20.3. The van der Waals surface area contributed by atoms with E-state index in [2.05, 4.69) is 85.7 Å². The fourth-order valence-corrected chi connectivity index (χ4v) is 5.04. The van der Waals surface area contributed by atoms with E-state index in [1.54, 1.807) is 0 Å². The molecule has 30 heavy (non-hydrogen) atoms. The molecule has 2 aliphatic rings. The molecule has 4 nitrogen and oxygen atoms in total. The molecule has 5 heteroatoms. The van der Waals surface area contributed by atoms with Crippen LogP contribution in [0.25, 0.3) is 23.1 Å². The van der Waals surface area contributed by atoms with Gasteiger partial charge in [0, 0.05) is 40.1 Å². The van der Waals surface area contributed by atoms with Crippen molar-refractivity contribution >= 4 is 45.6 Å². The van der Waals surface area contributed by atoms with Gasteiger partial charge < -0.3 is 9.30 Å². The third-order valence-corrected chi connectivity index (χ3v) is 6.85.